The van der Waals surface area contributed by atoms with Crippen LogP contribution in [0.15, 0.2) is 30.3 Å². The highest BCUT2D eigenvalue weighted by Crippen LogP contribution is 2.15. The maximum atomic E-state index is 5.64. The molecule has 2 heterocycles. The molecule has 2 aromatic heterocycles. The van der Waals surface area contributed by atoms with Gasteiger partial charge in [-0.2, -0.15) is 4.98 Å². The van der Waals surface area contributed by atoms with E-state index in [4.69, 9.17) is 5.73 Å². The molecule has 0 saturated carbocycles. The van der Waals surface area contributed by atoms with Crippen molar-refractivity contribution < 1.29 is 0 Å². The molecule has 3 N–H and O–H groups in total. The number of rotatable bonds is 3. The van der Waals surface area contributed by atoms with Crippen LogP contribution in [0.5, 0.6) is 0 Å². The lowest BCUT2D eigenvalue weighted by molar-refractivity contribution is 0.831. The molecule has 0 atom stereocenters. The van der Waals surface area contributed by atoms with Gasteiger partial charge in [-0.1, -0.05) is 12.1 Å². The van der Waals surface area contributed by atoms with Crippen LogP contribution in [0.2, 0.25) is 0 Å². The van der Waals surface area contributed by atoms with Gasteiger partial charge < -0.3 is 15.6 Å². The molecule has 6 heteroatoms. The van der Waals surface area contributed by atoms with Crippen molar-refractivity contribution in [3.8, 4) is 0 Å². The zero-order valence-electron chi connectivity index (χ0n) is 11.5. The van der Waals surface area contributed by atoms with E-state index in [1.165, 1.54) is 0 Å². The van der Waals surface area contributed by atoms with E-state index in [1.54, 1.807) is 0 Å². The molecule has 0 radical (unpaired) electrons. The zero-order valence-corrected chi connectivity index (χ0v) is 11.5. The van der Waals surface area contributed by atoms with Crippen LogP contribution < -0.4 is 11.1 Å². The molecule has 0 spiro atoms. The molecule has 0 saturated heterocycles. The number of para-hydroxylation sites is 2. The summed E-state index contributed by atoms with van der Waals surface area (Å²) in [6.07, 6.45) is 0. The van der Waals surface area contributed by atoms with E-state index in [9.17, 15) is 0 Å². The highest BCUT2D eigenvalue weighted by molar-refractivity contribution is 5.75. The number of hydrogen-bond donors (Lipinski definition) is 2. The Hall–Kier alpha value is -2.63. The van der Waals surface area contributed by atoms with Crippen LogP contribution in [0, 0.1) is 6.92 Å². The van der Waals surface area contributed by atoms with Gasteiger partial charge in [-0.05, 0) is 19.1 Å². The Balaban J connectivity index is 1.84. The Kier molecular flexibility index (Phi) is 2.98. The van der Waals surface area contributed by atoms with Crippen LogP contribution in [0.25, 0.3) is 11.0 Å². The lowest BCUT2D eigenvalue weighted by Crippen LogP contribution is -2.08. The molecule has 3 aromatic rings. The van der Waals surface area contributed by atoms with Gasteiger partial charge in [0.25, 0.3) is 0 Å². The first-order valence-electron chi connectivity index (χ1n) is 6.39. The molecule has 3 rings (SSSR count). The van der Waals surface area contributed by atoms with Gasteiger partial charge in [0.1, 0.15) is 11.6 Å². The summed E-state index contributed by atoms with van der Waals surface area (Å²) in [6, 6.07) is 9.92. The minimum absolute atomic E-state index is 0.275. The second-order valence-electron chi connectivity index (χ2n) is 4.68. The van der Waals surface area contributed by atoms with Crippen LogP contribution >= 0.6 is 0 Å². The molecule has 20 heavy (non-hydrogen) atoms. The van der Waals surface area contributed by atoms with Crippen LogP contribution in [-0.4, -0.2) is 19.5 Å². The monoisotopic (exact) mass is 268 g/mol. The third-order valence-electron chi connectivity index (χ3n) is 3.18. The summed E-state index contributed by atoms with van der Waals surface area (Å²) in [6.45, 7) is 2.47. The zero-order chi connectivity index (χ0) is 14.1. The van der Waals surface area contributed by atoms with Gasteiger partial charge in [0, 0.05) is 18.8 Å². The standard InChI is InChI=1S/C14H16N6/c1-9-7-12(19-14(15)17-9)16-8-13-18-10-5-3-4-6-11(10)20(13)2/h3-7H,8H2,1-2H3,(H3,15,16,17,19). The largest absolute Gasteiger partial charge is 0.368 e. The lowest BCUT2D eigenvalue weighted by atomic mass is 10.3. The topological polar surface area (TPSA) is 81.7 Å². The van der Waals surface area contributed by atoms with E-state index in [-0.39, 0.29) is 5.95 Å². The molecule has 6 nitrogen and oxygen atoms in total. The molecule has 0 aliphatic heterocycles. The molecule has 1 aromatic carbocycles. The van der Waals surface area contributed by atoms with Crippen LogP contribution in [0.1, 0.15) is 11.5 Å². The fraction of sp³-hybridized carbons (Fsp3) is 0.214. The fourth-order valence-electron chi connectivity index (χ4n) is 2.21. The minimum atomic E-state index is 0.275. The normalized spacial score (nSPS) is 10.9. The second kappa shape index (κ2) is 4.80. The molecule has 0 unspecified atom stereocenters. The number of fused-ring (bicyclic) bond motifs is 1. The Morgan fingerprint density at radius 3 is 2.75 bits per heavy atom. The lowest BCUT2D eigenvalue weighted by Gasteiger charge is -2.07. The highest BCUT2D eigenvalue weighted by atomic mass is 15.1. The fourth-order valence-corrected chi connectivity index (χ4v) is 2.21. The van der Waals surface area contributed by atoms with Crippen molar-refractivity contribution in [1.29, 1.82) is 0 Å². The van der Waals surface area contributed by atoms with Gasteiger partial charge in [0.2, 0.25) is 5.95 Å². The van der Waals surface area contributed by atoms with Crippen molar-refractivity contribution in [3.05, 3.63) is 41.9 Å². The molecule has 0 amide bonds. The van der Waals surface area contributed by atoms with E-state index in [2.05, 4.69) is 30.9 Å². The molecule has 0 aliphatic carbocycles. The minimum Gasteiger partial charge on any atom is -0.368 e. The van der Waals surface area contributed by atoms with Gasteiger partial charge in [0.15, 0.2) is 0 Å². The molecule has 0 bridgehead atoms. The molecule has 0 fully saturated rings. The number of nitrogens with two attached hydrogens (primary N) is 1. The van der Waals surface area contributed by atoms with E-state index in [0.29, 0.717) is 12.4 Å². The summed E-state index contributed by atoms with van der Waals surface area (Å²) < 4.78 is 2.07. The Morgan fingerprint density at radius 2 is 2.00 bits per heavy atom. The smallest absolute Gasteiger partial charge is 0.222 e. The first-order chi connectivity index (χ1) is 9.63. The maximum absolute atomic E-state index is 5.64. The number of aromatic nitrogens is 4. The third-order valence-corrected chi connectivity index (χ3v) is 3.18. The summed E-state index contributed by atoms with van der Waals surface area (Å²) in [5.41, 5.74) is 8.58. The van der Waals surface area contributed by atoms with Crippen LogP contribution in [-0.2, 0) is 13.6 Å². The highest BCUT2D eigenvalue weighted by Gasteiger charge is 2.07. The first kappa shape index (κ1) is 12.4. The van der Waals surface area contributed by atoms with Gasteiger partial charge in [-0.15, -0.1) is 0 Å². The van der Waals surface area contributed by atoms with E-state index < -0.39 is 0 Å². The Bertz CT molecular complexity index is 741. The van der Waals surface area contributed by atoms with Crippen LogP contribution in [0.4, 0.5) is 11.8 Å². The van der Waals surface area contributed by atoms with Crippen molar-refractivity contribution in [2.75, 3.05) is 11.1 Å². The van der Waals surface area contributed by atoms with Gasteiger partial charge in [-0.3, -0.25) is 0 Å². The number of aryl methyl sites for hydroxylation is 2. The van der Waals surface area contributed by atoms with E-state index in [0.717, 1.165) is 22.6 Å². The van der Waals surface area contributed by atoms with Crippen molar-refractivity contribution in [2.45, 2.75) is 13.5 Å². The average molecular weight is 268 g/mol. The van der Waals surface area contributed by atoms with Crippen molar-refractivity contribution in [1.82, 2.24) is 19.5 Å². The van der Waals surface area contributed by atoms with Crippen LogP contribution in [0.3, 0.4) is 0 Å². The molecular formula is C14H16N6. The molecule has 0 aliphatic rings. The predicted octanol–water partition coefficient (Wildman–Crippen LogP) is 1.87. The Morgan fingerprint density at radius 1 is 1.20 bits per heavy atom. The number of nitrogens with one attached hydrogen (secondary N) is 1. The van der Waals surface area contributed by atoms with Crippen molar-refractivity contribution in [2.24, 2.45) is 7.05 Å². The van der Waals surface area contributed by atoms with Crippen molar-refractivity contribution in [3.63, 3.8) is 0 Å². The maximum Gasteiger partial charge on any atom is 0.222 e. The SMILES string of the molecule is Cc1cc(NCc2nc3ccccc3n2C)nc(N)n1. The number of anilines is 2. The Labute approximate surface area is 116 Å². The summed E-state index contributed by atoms with van der Waals surface area (Å²) in [7, 11) is 2.01. The number of benzene rings is 1. The number of hydrogen-bond acceptors (Lipinski definition) is 5. The summed E-state index contributed by atoms with van der Waals surface area (Å²) >= 11 is 0. The second-order valence-corrected chi connectivity index (χ2v) is 4.68. The van der Waals surface area contributed by atoms with Gasteiger partial charge in [0.05, 0.1) is 17.6 Å². The van der Waals surface area contributed by atoms with Gasteiger partial charge >= 0.3 is 0 Å². The van der Waals surface area contributed by atoms with E-state index in [1.807, 2.05) is 38.2 Å². The number of nitrogens with zero attached hydrogens (tertiary/aromatic N) is 4. The summed E-state index contributed by atoms with van der Waals surface area (Å²) in [5.74, 6) is 1.93. The molecule has 102 valence electrons. The number of imidazole rings is 1. The summed E-state index contributed by atoms with van der Waals surface area (Å²) in [5, 5.41) is 3.23. The van der Waals surface area contributed by atoms with Crippen molar-refractivity contribution >= 4 is 22.8 Å². The predicted molar refractivity (Wildman–Crippen MR) is 79.2 cm³/mol. The molecular weight excluding hydrogens is 252 g/mol. The average Bonchev–Trinajstić information content (AvgIpc) is 2.73. The van der Waals surface area contributed by atoms with E-state index >= 15 is 0 Å². The van der Waals surface area contributed by atoms with Gasteiger partial charge in [-0.25, -0.2) is 9.97 Å². The third kappa shape index (κ3) is 2.27. The first-order valence-corrected chi connectivity index (χ1v) is 6.39. The number of nitrogen functional groups attached to an aromatic ring is 1. The quantitative estimate of drug-likeness (QED) is 0.757. The summed E-state index contributed by atoms with van der Waals surface area (Å²) in [4.78, 5) is 12.8.